The molecular formula is C12H22O. The Labute approximate surface area is 81.9 Å². The monoisotopic (exact) mass is 182 g/mol. The topological polar surface area (TPSA) is 17.1 Å². The van der Waals surface area contributed by atoms with Gasteiger partial charge in [-0.05, 0) is 24.7 Å². The molecule has 1 aliphatic carbocycles. The molecule has 1 aliphatic rings. The van der Waals surface area contributed by atoms with Crippen molar-refractivity contribution in [1.82, 2.24) is 0 Å². The predicted molar refractivity (Wildman–Crippen MR) is 55.6 cm³/mol. The molecule has 76 valence electrons. The van der Waals surface area contributed by atoms with Crippen LogP contribution in [0.25, 0.3) is 0 Å². The molecule has 0 aromatic carbocycles. The molecule has 1 saturated carbocycles. The van der Waals surface area contributed by atoms with Gasteiger partial charge in [0.15, 0.2) is 0 Å². The average Bonchev–Trinajstić information content (AvgIpc) is 2.48. The SMILES string of the molecule is CCCC(C)C1(C=O)CCCC1C. The summed E-state index contributed by atoms with van der Waals surface area (Å²) in [5.41, 5.74) is 0.0238. The van der Waals surface area contributed by atoms with Crippen LogP contribution in [0.4, 0.5) is 0 Å². The summed E-state index contributed by atoms with van der Waals surface area (Å²) >= 11 is 0. The zero-order valence-electron chi connectivity index (χ0n) is 9.18. The molecule has 0 bridgehead atoms. The summed E-state index contributed by atoms with van der Waals surface area (Å²) in [5, 5.41) is 0. The van der Waals surface area contributed by atoms with E-state index in [2.05, 4.69) is 20.8 Å². The highest BCUT2D eigenvalue weighted by Crippen LogP contribution is 2.48. The van der Waals surface area contributed by atoms with Crippen LogP contribution in [-0.4, -0.2) is 6.29 Å². The molecule has 13 heavy (non-hydrogen) atoms. The van der Waals surface area contributed by atoms with Gasteiger partial charge in [0.05, 0.1) is 0 Å². The van der Waals surface area contributed by atoms with Gasteiger partial charge in [0.25, 0.3) is 0 Å². The lowest BCUT2D eigenvalue weighted by molar-refractivity contribution is -0.121. The summed E-state index contributed by atoms with van der Waals surface area (Å²) in [6.45, 7) is 6.70. The highest BCUT2D eigenvalue weighted by atomic mass is 16.1. The second-order valence-corrected chi connectivity index (χ2v) is 4.71. The molecule has 1 nitrogen and oxygen atoms in total. The lowest BCUT2D eigenvalue weighted by Crippen LogP contribution is -2.33. The molecule has 1 heteroatoms. The van der Waals surface area contributed by atoms with E-state index >= 15 is 0 Å². The van der Waals surface area contributed by atoms with Gasteiger partial charge in [-0.25, -0.2) is 0 Å². The third kappa shape index (κ3) is 1.79. The van der Waals surface area contributed by atoms with Crippen molar-refractivity contribution in [2.45, 2.75) is 52.9 Å². The first-order valence-electron chi connectivity index (χ1n) is 5.63. The second kappa shape index (κ2) is 4.26. The van der Waals surface area contributed by atoms with E-state index < -0.39 is 0 Å². The standard InChI is InChI=1S/C12H22O/c1-4-6-10(2)12(9-13)8-5-7-11(12)3/h9-11H,4-8H2,1-3H3. The maximum absolute atomic E-state index is 11.3. The third-order valence-corrected chi connectivity index (χ3v) is 4.02. The minimum atomic E-state index is 0.0238. The van der Waals surface area contributed by atoms with E-state index in [1.165, 1.54) is 32.0 Å². The highest BCUT2D eigenvalue weighted by Gasteiger charge is 2.43. The van der Waals surface area contributed by atoms with Gasteiger partial charge < -0.3 is 4.79 Å². The maximum Gasteiger partial charge on any atom is 0.126 e. The molecule has 3 unspecified atom stereocenters. The van der Waals surface area contributed by atoms with Gasteiger partial charge in [-0.15, -0.1) is 0 Å². The van der Waals surface area contributed by atoms with Crippen LogP contribution in [0.15, 0.2) is 0 Å². The molecule has 0 N–H and O–H groups in total. The van der Waals surface area contributed by atoms with E-state index in [9.17, 15) is 4.79 Å². The Morgan fingerprint density at radius 2 is 2.31 bits per heavy atom. The number of rotatable bonds is 4. The van der Waals surface area contributed by atoms with E-state index in [1.807, 2.05) is 0 Å². The highest BCUT2D eigenvalue weighted by molar-refractivity contribution is 5.61. The Morgan fingerprint density at radius 3 is 2.69 bits per heavy atom. The molecule has 0 aliphatic heterocycles. The molecule has 1 rings (SSSR count). The lowest BCUT2D eigenvalue weighted by atomic mass is 9.69. The van der Waals surface area contributed by atoms with Crippen LogP contribution < -0.4 is 0 Å². The number of hydrogen-bond acceptors (Lipinski definition) is 1. The molecule has 0 spiro atoms. The zero-order valence-corrected chi connectivity index (χ0v) is 9.18. The van der Waals surface area contributed by atoms with E-state index in [-0.39, 0.29) is 5.41 Å². The van der Waals surface area contributed by atoms with Gasteiger partial charge in [-0.1, -0.05) is 40.0 Å². The first kappa shape index (κ1) is 10.7. The Balaban J connectivity index is 2.73. The van der Waals surface area contributed by atoms with Gasteiger partial charge in [-0.2, -0.15) is 0 Å². The normalized spacial score (nSPS) is 36.1. The molecule has 0 saturated heterocycles. The van der Waals surface area contributed by atoms with Crippen LogP contribution in [0.3, 0.4) is 0 Å². The summed E-state index contributed by atoms with van der Waals surface area (Å²) in [5.74, 6) is 1.18. The Morgan fingerprint density at radius 1 is 1.62 bits per heavy atom. The molecule has 0 heterocycles. The molecule has 0 aromatic heterocycles. The fourth-order valence-electron chi connectivity index (χ4n) is 2.95. The van der Waals surface area contributed by atoms with Crippen molar-refractivity contribution < 1.29 is 4.79 Å². The van der Waals surface area contributed by atoms with Crippen LogP contribution >= 0.6 is 0 Å². The Kier molecular flexibility index (Phi) is 3.52. The van der Waals surface area contributed by atoms with E-state index in [1.54, 1.807) is 0 Å². The van der Waals surface area contributed by atoms with Crippen LogP contribution in [0.1, 0.15) is 52.9 Å². The summed E-state index contributed by atoms with van der Waals surface area (Å²) in [6.07, 6.45) is 7.26. The number of carbonyl (C=O) groups is 1. The first-order valence-corrected chi connectivity index (χ1v) is 5.63. The van der Waals surface area contributed by atoms with Crippen molar-refractivity contribution in [3.63, 3.8) is 0 Å². The zero-order chi connectivity index (χ0) is 9.90. The molecule has 0 amide bonds. The average molecular weight is 182 g/mol. The van der Waals surface area contributed by atoms with Gasteiger partial charge in [-0.3, -0.25) is 0 Å². The van der Waals surface area contributed by atoms with Crippen molar-refractivity contribution >= 4 is 6.29 Å². The summed E-state index contributed by atoms with van der Waals surface area (Å²) < 4.78 is 0. The number of aldehydes is 1. The predicted octanol–water partition coefficient (Wildman–Crippen LogP) is 3.43. The minimum absolute atomic E-state index is 0.0238. The van der Waals surface area contributed by atoms with Gasteiger partial charge in [0.1, 0.15) is 6.29 Å². The van der Waals surface area contributed by atoms with Crippen molar-refractivity contribution in [2.75, 3.05) is 0 Å². The maximum atomic E-state index is 11.3. The van der Waals surface area contributed by atoms with Crippen molar-refractivity contribution in [1.29, 1.82) is 0 Å². The fourth-order valence-corrected chi connectivity index (χ4v) is 2.95. The molecule has 1 fully saturated rings. The molecule has 0 aromatic rings. The van der Waals surface area contributed by atoms with Crippen LogP contribution in [0, 0.1) is 17.3 Å². The van der Waals surface area contributed by atoms with E-state index in [0.717, 1.165) is 6.42 Å². The van der Waals surface area contributed by atoms with Gasteiger partial charge >= 0.3 is 0 Å². The second-order valence-electron chi connectivity index (χ2n) is 4.71. The van der Waals surface area contributed by atoms with Crippen LogP contribution in [0.5, 0.6) is 0 Å². The molecule has 3 atom stereocenters. The lowest BCUT2D eigenvalue weighted by Gasteiger charge is -2.34. The van der Waals surface area contributed by atoms with E-state index in [0.29, 0.717) is 11.8 Å². The summed E-state index contributed by atoms with van der Waals surface area (Å²) in [4.78, 5) is 11.3. The number of hydrogen-bond donors (Lipinski definition) is 0. The molecule has 0 radical (unpaired) electrons. The minimum Gasteiger partial charge on any atom is -0.303 e. The fraction of sp³-hybridized carbons (Fsp3) is 0.917. The number of carbonyl (C=O) groups excluding carboxylic acids is 1. The van der Waals surface area contributed by atoms with E-state index in [4.69, 9.17) is 0 Å². The molecular weight excluding hydrogens is 160 g/mol. The quantitative estimate of drug-likeness (QED) is 0.609. The van der Waals surface area contributed by atoms with Crippen molar-refractivity contribution in [3.8, 4) is 0 Å². The van der Waals surface area contributed by atoms with Crippen molar-refractivity contribution in [3.05, 3.63) is 0 Å². The Bertz CT molecular complexity index is 176. The summed E-state index contributed by atoms with van der Waals surface area (Å²) in [6, 6.07) is 0. The van der Waals surface area contributed by atoms with Gasteiger partial charge in [0, 0.05) is 5.41 Å². The Hall–Kier alpha value is -0.330. The van der Waals surface area contributed by atoms with Gasteiger partial charge in [0.2, 0.25) is 0 Å². The smallest absolute Gasteiger partial charge is 0.126 e. The van der Waals surface area contributed by atoms with Crippen molar-refractivity contribution in [2.24, 2.45) is 17.3 Å². The summed E-state index contributed by atoms with van der Waals surface area (Å²) in [7, 11) is 0. The first-order chi connectivity index (χ1) is 6.17. The third-order valence-electron chi connectivity index (χ3n) is 4.02. The van der Waals surface area contributed by atoms with Crippen LogP contribution in [0.2, 0.25) is 0 Å². The largest absolute Gasteiger partial charge is 0.303 e. The van der Waals surface area contributed by atoms with Crippen LogP contribution in [-0.2, 0) is 4.79 Å².